The fourth-order valence-corrected chi connectivity index (χ4v) is 0.548. The van der Waals surface area contributed by atoms with Crippen LogP contribution >= 0.6 is 0 Å². The standard InChI is InChI=1S/C11H16O2/c1-6-7-13-10(12)8-9(2)11(3,4)5/h1,8H,7H2,2-5H3/b9-8+. The number of rotatable bonds is 2. The molecule has 0 spiro atoms. The minimum Gasteiger partial charge on any atom is -0.449 e. The van der Waals surface area contributed by atoms with Gasteiger partial charge in [-0.3, -0.25) is 0 Å². The van der Waals surface area contributed by atoms with Crippen molar-refractivity contribution in [3.63, 3.8) is 0 Å². The Morgan fingerprint density at radius 2 is 2.08 bits per heavy atom. The topological polar surface area (TPSA) is 26.3 Å². The second-order valence-corrected chi connectivity index (χ2v) is 3.89. The molecule has 0 aliphatic heterocycles. The molecule has 0 aliphatic carbocycles. The lowest BCUT2D eigenvalue weighted by Gasteiger charge is -2.18. The molecule has 72 valence electrons. The van der Waals surface area contributed by atoms with Gasteiger partial charge in [0.1, 0.15) is 0 Å². The van der Waals surface area contributed by atoms with Crippen molar-refractivity contribution in [2.75, 3.05) is 6.61 Å². The van der Waals surface area contributed by atoms with E-state index in [9.17, 15) is 4.79 Å². The van der Waals surface area contributed by atoms with Gasteiger partial charge >= 0.3 is 5.97 Å². The maximum atomic E-state index is 11.1. The zero-order valence-corrected chi connectivity index (χ0v) is 8.68. The number of allylic oxidation sites excluding steroid dienone is 1. The SMILES string of the molecule is C#CCOC(=O)/C=C(\C)C(C)(C)C. The molecule has 0 aromatic carbocycles. The lowest BCUT2D eigenvalue weighted by Crippen LogP contribution is -2.10. The molecule has 0 unspecified atom stereocenters. The van der Waals surface area contributed by atoms with Crippen LogP contribution in [0.5, 0.6) is 0 Å². The Hall–Kier alpha value is -1.23. The molecule has 2 nitrogen and oxygen atoms in total. The number of ether oxygens (including phenoxy) is 1. The van der Waals surface area contributed by atoms with E-state index in [0.717, 1.165) is 5.57 Å². The summed E-state index contributed by atoms with van der Waals surface area (Å²) in [6.07, 6.45) is 6.43. The molecule has 0 atom stereocenters. The van der Waals surface area contributed by atoms with Gasteiger partial charge in [0.05, 0.1) is 0 Å². The summed E-state index contributed by atoms with van der Waals surface area (Å²) >= 11 is 0. The van der Waals surface area contributed by atoms with Crippen molar-refractivity contribution in [3.05, 3.63) is 11.6 Å². The Morgan fingerprint density at radius 3 is 2.46 bits per heavy atom. The molecule has 0 amide bonds. The summed E-state index contributed by atoms with van der Waals surface area (Å²) in [6, 6.07) is 0. The van der Waals surface area contributed by atoms with Crippen LogP contribution in [-0.2, 0) is 9.53 Å². The number of carbonyl (C=O) groups is 1. The number of hydrogen-bond donors (Lipinski definition) is 0. The first kappa shape index (κ1) is 11.8. The van der Waals surface area contributed by atoms with Crippen molar-refractivity contribution in [1.82, 2.24) is 0 Å². The van der Waals surface area contributed by atoms with E-state index < -0.39 is 0 Å². The summed E-state index contributed by atoms with van der Waals surface area (Å²) in [5.41, 5.74) is 0.976. The van der Waals surface area contributed by atoms with Crippen LogP contribution in [0.2, 0.25) is 0 Å². The summed E-state index contributed by atoms with van der Waals surface area (Å²) in [4.78, 5) is 11.1. The molecular formula is C11H16O2. The lowest BCUT2D eigenvalue weighted by atomic mass is 9.87. The second-order valence-electron chi connectivity index (χ2n) is 3.89. The number of terminal acetylenes is 1. The highest BCUT2D eigenvalue weighted by atomic mass is 16.5. The van der Waals surface area contributed by atoms with Crippen molar-refractivity contribution in [2.24, 2.45) is 5.41 Å². The molecule has 0 aliphatic rings. The van der Waals surface area contributed by atoms with E-state index >= 15 is 0 Å². The molecule has 0 aromatic heterocycles. The van der Waals surface area contributed by atoms with Gasteiger partial charge < -0.3 is 4.74 Å². The molecule has 0 fully saturated rings. The minimum atomic E-state index is -0.370. The second kappa shape index (κ2) is 4.71. The highest BCUT2D eigenvalue weighted by molar-refractivity contribution is 5.83. The van der Waals surface area contributed by atoms with Gasteiger partial charge in [0, 0.05) is 6.08 Å². The lowest BCUT2D eigenvalue weighted by molar-refractivity contribution is -0.136. The Morgan fingerprint density at radius 1 is 1.54 bits per heavy atom. The summed E-state index contributed by atoms with van der Waals surface area (Å²) < 4.78 is 4.71. The zero-order chi connectivity index (χ0) is 10.5. The summed E-state index contributed by atoms with van der Waals surface area (Å²) in [6.45, 7) is 8.04. The summed E-state index contributed by atoms with van der Waals surface area (Å²) in [5.74, 6) is 1.87. The number of hydrogen-bond acceptors (Lipinski definition) is 2. The predicted octanol–water partition coefficient (Wildman–Crippen LogP) is 2.16. The monoisotopic (exact) mass is 180 g/mol. The molecule has 13 heavy (non-hydrogen) atoms. The van der Waals surface area contributed by atoms with Crippen LogP contribution in [-0.4, -0.2) is 12.6 Å². The third-order valence-corrected chi connectivity index (χ3v) is 1.82. The Kier molecular flexibility index (Phi) is 4.27. The van der Waals surface area contributed by atoms with Gasteiger partial charge in [-0.2, -0.15) is 0 Å². The molecule has 0 radical (unpaired) electrons. The van der Waals surface area contributed by atoms with E-state index in [2.05, 4.69) is 5.92 Å². The smallest absolute Gasteiger partial charge is 0.331 e. The maximum absolute atomic E-state index is 11.1. The average Bonchev–Trinajstić information content (AvgIpc) is 1.99. The summed E-state index contributed by atoms with van der Waals surface area (Å²) in [7, 11) is 0. The van der Waals surface area contributed by atoms with E-state index in [1.165, 1.54) is 6.08 Å². The third kappa shape index (κ3) is 5.08. The molecule has 0 rings (SSSR count). The molecule has 2 heteroatoms. The fourth-order valence-electron chi connectivity index (χ4n) is 0.548. The van der Waals surface area contributed by atoms with Crippen molar-refractivity contribution in [1.29, 1.82) is 0 Å². The highest BCUT2D eigenvalue weighted by Crippen LogP contribution is 2.23. The predicted molar refractivity (Wildman–Crippen MR) is 53.0 cm³/mol. The first-order valence-electron chi connectivity index (χ1n) is 4.17. The summed E-state index contributed by atoms with van der Waals surface area (Å²) in [5, 5.41) is 0. The van der Waals surface area contributed by atoms with Crippen molar-refractivity contribution < 1.29 is 9.53 Å². The van der Waals surface area contributed by atoms with E-state index in [1.54, 1.807) is 0 Å². The molecule has 0 heterocycles. The molecule has 0 saturated carbocycles. The van der Waals surface area contributed by atoms with Crippen LogP contribution in [0.1, 0.15) is 27.7 Å². The van der Waals surface area contributed by atoms with Crippen LogP contribution in [0.25, 0.3) is 0 Å². The van der Waals surface area contributed by atoms with Crippen molar-refractivity contribution >= 4 is 5.97 Å². The first-order chi connectivity index (χ1) is 5.88. The van der Waals surface area contributed by atoms with Gasteiger partial charge in [-0.25, -0.2) is 4.79 Å². The van der Waals surface area contributed by atoms with E-state index in [1.807, 2.05) is 27.7 Å². The largest absolute Gasteiger partial charge is 0.449 e. The van der Waals surface area contributed by atoms with Gasteiger partial charge in [0.25, 0.3) is 0 Å². The van der Waals surface area contributed by atoms with Crippen LogP contribution in [0.3, 0.4) is 0 Å². The zero-order valence-electron chi connectivity index (χ0n) is 8.68. The van der Waals surface area contributed by atoms with Crippen molar-refractivity contribution in [3.8, 4) is 12.3 Å². The van der Waals surface area contributed by atoms with Crippen LogP contribution < -0.4 is 0 Å². The minimum absolute atomic E-state index is 0.00480. The first-order valence-corrected chi connectivity index (χ1v) is 4.17. The Bertz CT molecular complexity index is 248. The Balaban J connectivity index is 4.25. The fraction of sp³-hybridized carbons (Fsp3) is 0.545. The molecule has 0 bridgehead atoms. The Labute approximate surface area is 80.0 Å². The van der Waals surface area contributed by atoms with Crippen LogP contribution in [0, 0.1) is 17.8 Å². The number of esters is 1. The van der Waals surface area contributed by atoms with Crippen molar-refractivity contribution in [2.45, 2.75) is 27.7 Å². The van der Waals surface area contributed by atoms with E-state index in [4.69, 9.17) is 11.2 Å². The van der Waals surface area contributed by atoms with Gasteiger partial charge in [0.15, 0.2) is 6.61 Å². The van der Waals surface area contributed by atoms with Gasteiger partial charge in [0.2, 0.25) is 0 Å². The van der Waals surface area contributed by atoms with E-state index in [0.29, 0.717) is 0 Å². The molecule has 0 aromatic rings. The highest BCUT2D eigenvalue weighted by Gasteiger charge is 2.13. The van der Waals surface area contributed by atoms with E-state index in [-0.39, 0.29) is 18.0 Å². The third-order valence-electron chi connectivity index (χ3n) is 1.82. The molecule has 0 N–H and O–H groups in total. The average molecular weight is 180 g/mol. The normalized spacial score (nSPS) is 12.1. The molecular weight excluding hydrogens is 164 g/mol. The number of carbonyl (C=O) groups excluding carboxylic acids is 1. The molecule has 0 saturated heterocycles. The van der Waals surface area contributed by atoms with Gasteiger partial charge in [-0.05, 0) is 12.3 Å². The van der Waals surface area contributed by atoms with Gasteiger partial charge in [-0.15, -0.1) is 6.42 Å². The van der Waals surface area contributed by atoms with Gasteiger partial charge in [-0.1, -0.05) is 32.3 Å². The van der Waals surface area contributed by atoms with Crippen LogP contribution in [0.15, 0.2) is 11.6 Å². The maximum Gasteiger partial charge on any atom is 0.331 e. The van der Waals surface area contributed by atoms with Crippen LogP contribution in [0.4, 0.5) is 0 Å². The quantitative estimate of drug-likeness (QED) is 0.370.